The zero-order valence-corrected chi connectivity index (χ0v) is 22.0. The lowest BCUT2D eigenvalue weighted by atomic mass is 10.1. The molecule has 3 rings (SSSR count). The van der Waals surface area contributed by atoms with Crippen LogP contribution in [0.3, 0.4) is 0 Å². The fraction of sp³-hybridized carbons (Fsp3) is 0.433. The van der Waals surface area contributed by atoms with E-state index in [1.807, 2.05) is 13.8 Å². The molecule has 0 radical (unpaired) electrons. The molecule has 0 bridgehead atoms. The van der Waals surface area contributed by atoms with E-state index in [9.17, 15) is 14.4 Å². The van der Waals surface area contributed by atoms with Crippen molar-refractivity contribution in [1.82, 2.24) is 0 Å². The van der Waals surface area contributed by atoms with Crippen LogP contribution in [0.2, 0.25) is 0 Å². The van der Waals surface area contributed by atoms with E-state index in [1.54, 1.807) is 42.5 Å². The number of anilines is 1. The number of benzene rings is 2. The summed E-state index contributed by atoms with van der Waals surface area (Å²) >= 11 is 0. The Morgan fingerprint density at radius 3 is 2.35 bits per heavy atom. The summed E-state index contributed by atoms with van der Waals surface area (Å²) in [5.41, 5.74) is 0.443. The number of unbranched alkanes of at least 4 members (excludes halogenated alkanes) is 6. The van der Waals surface area contributed by atoms with Crippen molar-refractivity contribution in [3.8, 4) is 5.75 Å². The van der Waals surface area contributed by atoms with Crippen LogP contribution in [0, 0.1) is 5.92 Å². The molecule has 0 fully saturated rings. The van der Waals surface area contributed by atoms with Gasteiger partial charge in [-0.25, -0.2) is 4.79 Å². The van der Waals surface area contributed by atoms with Gasteiger partial charge in [0.15, 0.2) is 11.0 Å². The van der Waals surface area contributed by atoms with Crippen LogP contribution in [-0.2, 0) is 4.74 Å². The summed E-state index contributed by atoms with van der Waals surface area (Å²) in [5.74, 6) is -0.448. The van der Waals surface area contributed by atoms with Gasteiger partial charge in [-0.15, -0.1) is 0 Å². The summed E-state index contributed by atoms with van der Waals surface area (Å²) in [4.78, 5) is 37.8. The molecule has 7 heteroatoms. The number of para-hydroxylation sites is 1. The molecule has 0 unspecified atom stereocenters. The molecule has 2 aromatic carbocycles. The van der Waals surface area contributed by atoms with E-state index >= 15 is 0 Å². The molecule has 0 aliphatic carbocycles. The van der Waals surface area contributed by atoms with Gasteiger partial charge in [-0.05, 0) is 48.7 Å². The van der Waals surface area contributed by atoms with Crippen molar-refractivity contribution < 1.29 is 23.5 Å². The molecule has 37 heavy (non-hydrogen) atoms. The van der Waals surface area contributed by atoms with Crippen LogP contribution in [0.15, 0.2) is 57.7 Å². The number of hydrogen-bond acceptors (Lipinski definition) is 6. The first-order valence-electron chi connectivity index (χ1n) is 13.2. The molecule has 198 valence electrons. The SMILES string of the molecule is CCCCCCCCCOc1ccc(C(=O)Nc2cccc3c(=O)cc(C(=O)OCC(C)C)oc23)cc1. The number of ether oxygens (including phenoxy) is 2. The Kier molecular flexibility index (Phi) is 10.7. The van der Waals surface area contributed by atoms with Crippen molar-refractivity contribution in [3.63, 3.8) is 0 Å². The lowest BCUT2D eigenvalue weighted by Gasteiger charge is -2.11. The van der Waals surface area contributed by atoms with Crippen molar-refractivity contribution in [2.24, 2.45) is 5.92 Å². The number of carbonyl (C=O) groups is 2. The maximum Gasteiger partial charge on any atom is 0.374 e. The van der Waals surface area contributed by atoms with Crippen LogP contribution in [0.25, 0.3) is 11.0 Å². The standard InChI is InChI=1S/C30H37NO6/c1-4-5-6-7-8-9-10-18-35-23-16-14-22(15-17-23)29(33)31-25-13-11-12-24-26(32)19-27(37-28(24)25)30(34)36-20-21(2)3/h11-17,19,21H,4-10,18,20H2,1-3H3,(H,31,33). The molecule has 0 aliphatic heterocycles. The van der Waals surface area contributed by atoms with Crippen molar-refractivity contribution in [1.29, 1.82) is 0 Å². The highest BCUT2D eigenvalue weighted by atomic mass is 16.5. The summed E-state index contributed by atoms with van der Waals surface area (Å²) in [6.07, 6.45) is 8.54. The van der Waals surface area contributed by atoms with Gasteiger partial charge in [0.25, 0.3) is 5.91 Å². The lowest BCUT2D eigenvalue weighted by molar-refractivity contribution is 0.0423. The van der Waals surface area contributed by atoms with Gasteiger partial charge in [-0.2, -0.15) is 0 Å². The Morgan fingerprint density at radius 1 is 0.946 bits per heavy atom. The highest BCUT2D eigenvalue weighted by Crippen LogP contribution is 2.24. The van der Waals surface area contributed by atoms with Gasteiger partial charge < -0.3 is 19.2 Å². The van der Waals surface area contributed by atoms with E-state index in [1.165, 1.54) is 32.1 Å². The first-order chi connectivity index (χ1) is 17.9. The van der Waals surface area contributed by atoms with Crippen molar-refractivity contribution in [2.45, 2.75) is 65.7 Å². The van der Waals surface area contributed by atoms with Crippen LogP contribution >= 0.6 is 0 Å². The van der Waals surface area contributed by atoms with Crippen molar-refractivity contribution in [2.75, 3.05) is 18.5 Å². The third-order valence-electron chi connectivity index (χ3n) is 5.88. The van der Waals surface area contributed by atoms with E-state index in [4.69, 9.17) is 13.9 Å². The van der Waals surface area contributed by atoms with E-state index in [0.29, 0.717) is 17.9 Å². The third-order valence-corrected chi connectivity index (χ3v) is 5.88. The van der Waals surface area contributed by atoms with Crippen LogP contribution < -0.4 is 15.5 Å². The van der Waals surface area contributed by atoms with Gasteiger partial charge in [0.1, 0.15) is 5.75 Å². The average molecular weight is 508 g/mol. The molecule has 7 nitrogen and oxygen atoms in total. The molecular formula is C30H37NO6. The average Bonchev–Trinajstić information content (AvgIpc) is 2.89. The summed E-state index contributed by atoms with van der Waals surface area (Å²) in [7, 11) is 0. The minimum absolute atomic E-state index is 0.120. The summed E-state index contributed by atoms with van der Waals surface area (Å²) in [5, 5.41) is 3.04. The Labute approximate surface area is 218 Å². The third kappa shape index (κ3) is 8.48. The van der Waals surface area contributed by atoms with Crippen LogP contribution in [0.5, 0.6) is 5.75 Å². The van der Waals surface area contributed by atoms with Gasteiger partial charge in [0.05, 0.1) is 24.3 Å². The second kappa shape index (κ2) is 14.2. The highest BCUT2D eigenvalue weighted by Gasteiger charge is 2.17. The van der Waals surface area contributed by atoms with Gasteiger partial charge in [0, 0.05) is 11.6 Å². The Balaban J connectivity index is 1.61. The maximum atomic E-state index is 12.9. The van der Waals surface area contributed by atoms with Gasteiger partial charge in [-0.1, -0.05) is 65.4 Å². The molecule has 0 saturated heterocycles. The number of rotatable bonds is 14. The van der Waals surface area contributed by atoms with Gasteiger partial charge >= 0.3 is 5.97 Å². The second-order valence-corrected chi connectivity index (χ2v) is 9.60. The molecule has 1 amide bonds. The highest BCUT2D eigenvalue weighted by molar-refractivity contribution is 6.08. The van der Waals surface area contributed by atoms with Crippen LogP contribution in [0.1, 0.15) is 86.6 Å². The summed E-state index contributed by atoms with van der Waals surface area (Å²) in [6, 6.07) is 12.9. The molecule has 1 heterocycles. The fourth-order valence-electron chi connectivity index (χ4n) is 3.84. The minimum Gasteiger partial charge on any atom is -0.494 e. The van der Waals surface area contributed by atoms with E-state index in [2.05, 4.69) is 12.2 Å². The smallest absolute Gasteiger partial charge is 0.374 e. The van der Waals surface area contributed by atoms with E-state index < -0.39 is 11.4 Å². The molecule has 1 N–H and O–H groups in total. The summed E-state index contributed by atoms with van der Waals surface area (Å²) < 4.78 is 16.7. The molecule has 0 spiro atoms. The van der Waals surface area contributed by atoms with E-state index in [0.717, 1.165) is 18.9 Å². The molecule has 0 saturated carbocycles. The predicted molar refractivity (Wildman–Crippen MR) is 145 cm³/mol. The van der Waals surface area contributed by atoms with E-state index in [-0.39, 0.29) is 40.8 Å². The minimum atomic E-state index is -0.721. The number of amides is 1. The predicted octanol–water partition coefficient (Wildman–Crippen LogP) is 6.99. The molecule has 0 atom stereocenters. The molecule has 0 aliphatic rings. The molecule has 1 aromatic heterocycles. The lowest BCUT2D eigenvalue weighted by Crippen LogP contribution is -2.15. The van der Waals surface area contributed by atoms with Crippen LogP contribution in [-0.4, -0.2) is 25.1 Å². The van der Waals surface area contributed by atoms with Gasteiger partial charge in [0.2, 0.25) is 5.76 Å². The van der Waals surface area contributed by atoms with Crippen molar-refractivity contribution >= 4 is 28.5 Å². The number of hydrogen-bond donors (Lipinski definition) is 1. The topological polar surface area (TPSA) is 94.8 Å². The first kappa shape index (κ1) is 28.0. The Hall–Kier alpha value is -3.61. The quantitative estimate of drug-likeness (QED) is 0.187. The maximum absolute atomic E-state index is 12.9. The molecular weight excluding hydrogens is 470 g/mol. The number of esters is 1. The van der Waals surface area contributed by atoms with Crippen molar-refractivity contribution in [3.05, 3.63) is 70.1 Å². The van der Waals surface area contributed by atoms with Crippen LogP contribution in [0.4, 0.5) is 5.69 Å². The number of carbonyl (C=O) groups excluding carboxylic acids is 2. The monoisotopic (exact) mass is 507 g/mol. The second-order valence-electron chi connectivity index (χ2n) is 9.60. The molecule has 3 aromatic rings. The Bertz CT molecular complexity index is 1230. The number of fused-ring (bicyclic) bond motifs is 1. The Morgan fingerprint density at radius 2 is 1.65 bits per heavy atom. The first-order valence-corrected chi connectivity index (χ1v) is 13.2. The summed E-state index contributed by atoms with van der Waals surface area (Å²) in [6.45, 7) is 6.89. The number of nitrogens with one attached hydrogen (secondary N) is 1. The zero-order chi connectivity index (χ0) is 26.6. The normalized spacial score (nSPS) is 11.0. The largest absolute Gasteiger partial charge is 0.494 e. The van der Waals surface area contributed by atoms with Gasteiger partial charge in [-0.3, -0.25) is 9.59 Å². The zero-order valence-electron chi connectivity index (χ0n) is 22.0. The fourth-order valence-corrected chi connectivity index (χ4v) is 3.84.